The van der Waals surface area contributed by atoms with Crippen LogP contribution in [0.15, 0.2) is 28.2 Å². The summed E-state index contributed by atoms with van der Waals surface area (Å²) in [4.78, 5) is 35.3. The van der Waals surface area contributed by atoms with Crippen LogP contribution < -0.4 is 0 Å². The van der Waals surface area contributed by atoms with Crippen LogP contribution in [-0.2, 0) is 14.4 Å². The highest BCUT2D eigenvalue weighted by Crippen LogP contribution is 2.30. The minimum Gasteiger partial charge on any atom is -0.222 e. The molecule has 0 spiro atoms. The van der Waals surface area contributed by atoms with Gasteiger partial charge in [0.1, 0.15) is 11.4 Å². The molecule has 80 valence electrons. The first-order valence-corrected chi connectivity index (χ1v) is 4.00. The van der Waals surface area contributed by atoms with Crippen molar-refractivity contribution in [2.45, 2.75) is 6.92 Å². The van der Waals surface area contributed by atoms with Crippen molar-refractivity contribution < 1.29 is 14.4 Å². The van der Waals surface area contributed by atoms with E-state index in [1.54, 1.807) is 25.1 Å². The van der Waals surface area contributed by atoms with E-state index in [0.29, 0.717) is 11.4 Å². The van der Waals surface area contributed by atoms with E-state index in [1.165, 1.54) is 12.2 Å². The maximum atomic E-state index is 10.1. The molecule has 1 N–H and O–H groups in total. The summed E-state index contributed by atoms with van der Waals surface area (Å²) in [6.07, 6.45) is 3.55. The van der Waals surface area contributed by atoms with Crippen LogP contribution in [0.1, 0.15) is 5.56 Å². The molecular weight excluding hydrogens is 210 g/mol. The van der Waals surface area contributed by atoms with Crippen molar-refractivity contribution in [1.82, 2.24) is 0 Å². The number of aliphatic imine (C=N–C) groups is 2. The van der Waals surface area contributed by atoms with Crippen LogP contribution in [0.2, 0.25) is 0 Å². The lowest BCUT2D eigenvalue weighted by Gasteiger charge is -1.99. The Hall–Kier alpha value is -2.64. The Morgan fingerprint density at radius 2 is 1.69 bits per heavy atom. The molecule has 0 fully saturated rings. The highest BCUT2D eigenvalue weighted by Gasteiger charge is 2.02. The van der Waals surface area contributed by atoms with Crippen molar-refractivity contribution in [3.63, 3.8) is 0 Å². The van der Waals surface area contributed by atoms with Crippen molar-refractivity contribution in [1.29, 1.82) is 5.41 Å². The Balaban J connectivity index is 0.000000673. The summed E-state index contributed by atoms with van der Waals surface area (Å²) in [5.74, 6) is 0. The monoisotopic (exact) mass is 217 g/mol. The van der Waals surface area contributed by atoms with Crippen molar-refractivity contribution in [3.05, 3.63) is 23.8 Å². The van der Waals surface area contributed by atoms with Crippen LogP contribution in [-0.4, -0.2) is 18.2 Å². The third kappa shape index (κ3) is 4.05. The fourth-order valence-corrected chi connectivity index (χ4v) is 0.974. The standard InChI is InChI=1S/C9H6N2O2.CHNO/c1-7-3-2-4-8(10-5-12)9(7)11-6-13;2-1-3/h2-4H,1H3;2H. The van der Waals surface area contributed by atoms with Crippen LogP contribution >= 0.6 is 0 Å². The average molecular weight is 217 g/mol. The summed E-state index contributed by atoms with van der Waals surface area (Å²) < 4.78 is 0. The van der Waals surface area contributed by atoms with Gasteiger partial charge in [-0.3, -0.25) is 0 Å². The van der Waals surface area contributed by atoms with E-state index in [2.05, 4.69) is 9.98 Å². The van der Waals surface area contributed by atoms with Gasteiger partial charge in [-0.05, 0) is 18.6 Å². The lowest BCUT2D eigenvalue weighted by molar-refractivity contribution is 0.562. The van der Waals surface area contributed by atoms with Gasteiger partial charge in [-0.2, -0.15) is 9.98 Å². The quantitative estimate of drug-likeness (QED) is 0.604. The number of hydrogen-bond acceptors (Lipinski definition) is 6. The molecule has 1 rings (SSSR count). The van der Waals surface area contributed by atoms with E-state index in [1.807, 2.05) is 0 Å². The van der Waals surface area contributed by atoms with Gasteiger partial charge >= 0.3 is 0 Å². The first-order chi connectivity index (χ1) is 7.71. The topological polar surface area (TPSA) is 99.8 Å². The van der Waals surface area contributed by atoms with Crippen LogP contribution in [0.25, 0.3) is 0 Å². The molecule has 0 atom stereocenters. The van der Waals surface area contributed by atoms with E-state index in [0.717, 1.165) is 11.6 Å². The molecule has 6 nitrogen and oxygen atoms in total. The van der Waals surface area contributed by atoms with Gasteiger partial charge in [0.25, 0.3) is 0 Å². The van der Waals surface area contributed by atoms with Crippen molar-refractivity contribution in [2.24, 2.45) is 9.98 Å². The summed E-state index contributed by atoms with van der Waals surface area (Å²) in [7, 11) is 0. The van der Waals surface area contributed by atoms with E-state index < -0.39 is 0 Å². The highest BCUT2D eigenvalue weighted by molar-refractivity contribution is 5.71. The zero-order valence-electron chi connectivity index (χ0n) is 8.35. The normalized spacial score (nSPS) is 7.31. The Morgan fingerprint density at radius 1 is 1.12 bits per heavy atom. The molecule has 0 aliphatic rings. The number of aryl methyl sites for hydroxylation is 1. The Bertz CT molecular complexity index is 492. The van der Waals surface area contributed by atoms with Crippen molar-refractivity contribution >= 4 is 29.6 Å². The van der Waals surface area contributed by atoms with Crippen LogP contribution in [0.5, 0.6) is 0 Å². The van der Waals surface area contributed by atoms with Gasteiger partial charge in [-0.1, -0.05) is 12.1 Å². The predicted octanol–water partition coefficient (Wildman–Crippen LogP) is 1.83. The fourth-order valence-electron chi connectivity index (χ4n) is 0.974. The molecule has 0 aliphatic carbocycles. The minimum absolute atomic E-state index is 0.332. The van der Waals surface area contributed by atoms with Crippen LogP contribution in [0, 0.1) is 12.3 Å². The van der Waals surface area contributed by atoms with E-state index in [4.69, 9.17) is 10.2 Å². The second-order valence-electron chi connectivity index (χ2n) is 2.45. The SMILES string of the molecule is Cc1cccc(N=C=O)c1N=C=O.N=C=O. The van der Waals surface area contributed by atoms with Gasteiger partial charge in [0.15, 0.2) is 0 Å². The number of carbonyl (C=O) groups excluding carboxylic acids is 3. The smallest absolute Gasteiger partial charge is 0.222 e. The Labute approximate surface area is 90.9 Å². The predicted molar refractivity (Wildman–Crippen MR) is 55.2 cm³/mol. The molecule has 0 unspecified atom stereocenters. The largest absolute Gasteiger partial charge is 0.240 e. The molecule has 1 aromatic rings. The van der Waals surface area contributed by atoms with E-state index >= 15 is 0 Å². The molecule has 0 amide bonds. The lowest BCUT2D eigenvalue weighted by atomic mass is 10.2. The third-order valence-electron chi connectivity index (χ3n) is 1.54. The summed E-state index contributed by atoms with van der Waals surface area (Å²) in [6.45, 7) is 1.76. The van der Waals surface area contributed by atoms with Gasteiger partial charge in [0.05, 0.1) is 0 Å². The van der Waals surface area contributed by atoms with E-state index in [9.17, 15) is 9.59 Å². The second-order valence-corrected chi connectivity index (χ2v) is 2.45. The molecule has 0 aromatic heterocycles. The summed E-state index contributed by atoms with van der Waals surface area (Å²) >= 11 is 0. The molecule has 16 heavy (non-hydrogen) atoms. The molecule has 0 bridgehead atoms. The highest BCUT2D eigenvalue weighted by atomic mass is 16.1. The van der Waals surface area contributed by atoms with Gasteiger partial charge < -0.3 is 0 Å². The zero-order valence-corrected chi connectivity index (χ0v) is 8.35. The molecule has 1 aromatic carbocycles. The van der Waals surface area contributed by atoms with Crippen molar-refractivity contribution in [3.8, 4) is 0 Å². The maximum absolute atomic E-state index is 10.1. The second kappa shape index (κ2) is 7.74. The number of rotatable bonds is 2. The number of benzene rings is 1. The molecule has 0 saturated carbocycles. The van der Waals surface area contributed by atoms with Gasteiger partial charge in [-0.25, -0.2) is 19.8 Å². The average Bonchev–Trinajstić information content (AvgIpc) is 2.25. The number of nitrogens with zero attached hydrogens (tertiary/aromatic N) is 2. The molecule has 6 heteroatoms. The van der Waals surface area contributed by atoms with Crippen molar-refractivity contribution in [2.75, 3.05) is 0 Å². The maximum Gasteiger partial charge on any atom is 0.240 e. The first-order valence-electron chi connectivity index (χ1n) is 4.00. The lowest BCUT2D eigenvalue weighted by Crippen LogP contribution is -1.74. The number of isocyanates is 3. The van der Waals surface area contributed by atoms with Gasteiger partial charge in [-0.15, -0.1) is 0 Å². The molecular formula is C10H7N3O3. The Kier molecular flexibility index (Phi) is 6.46. The summed E-state index contributed by atoms with van der Waals surface area (Å²) in [5.41, 5.74) is 1.46. The van der Waals surface area contributed by atoms with Gasteiger partial charge in [0.2, 0.25) is 18.2 Å². The number of para-hydroxylation sites is 1. The molecule has 0 radical (unpaired) electrons. The van der Waals surface area contributed by atoms with Crippen LogP contribution in [0.4, 0.5) is 11.4 Å². The zero-order chi connectivity index (χ0) is 12.4. The number of hydrogen-bond donors (Lipinski definition) is 1. The Morgan fingerprint density at radius 3 is 2.19 bits per heavy atom. The number of nitrogens with one attached hydrogen (secondary N) is 1. The minimum atomic E-state index is 0.332. The fraction of sp³-hybridized carbons (Fsp3) is 0.100. The first kappa shape index (κ1) is 13.4. The molecule has 0 saturated heterocycles. The summed E-state index contributed by atoms with van der Waals surface area (Å²) in [6, 6.07) is 5.06. The van der Waals surface area contributed by atoms with Crippen LogP contribution in [0.3, 0.4) is 0 Å². The summed E-state index contributed by atoms with van der Waals surface area (Å²) in [5, 5.41) is 5.40. The molecule has 0 heterocycles. The third-order valence-corrected chi connectivity index (χ3v) is 1.54. The molecule has 0 aliphatic heterocycles. The van der Waals surface area contributed by atoms with E-state index in [-0.39, 0.29) is 0 Å². The van der Waals surface area contributed by atoms with Gasteiger partial charge in [0, 0.05) is 0 Å².